The van der Waals surface area contributed by atoms with Crippen LogP contribution in [-0.2, 0) is 9.59 Å². The molecule has 0 heterocycles. The summed E-state index contributed by atoms with van der Waals surface area (Å²) >= 11 is 12.3. The van der Waals surface area contributed by atoms with Crippen LogP contribution in [0.15, 0.2) is 36.4 Å². The molecule has 2 saturated carbocycles. The molecule has 3 atom stereocenters. The molecule has 4 rings (SSSR count). The minimum absolute atomic E-state index is 0.0508. The molecular formula is C21H18Cl2O2. The molecule has 0 N–H and O–H groups in total. The van der Waals surface area contributed by atoms with Crippen LogP contribution < -0.4 is 0 Å². The Kier molecular flexibility index (Phi) is 4.21. The number of fused-ring (bicyclic) bond motifs is 2. The van der Waals surface area contributed by atoms with Crippen LogP contribution >= 0.6 is 23.2 Å². The van der Waals surface area contributed by atoms with E-state index < -0.39 is 5.92 Å². The minimum atomic E-state index is -0.614. The molecule has 0 aromatic heterocycles. The third-order valence-corrected chi connectivity index (χ3v) is 6.19. The Morgan fingerprint density at radius 2 is 1.60 bits per heavy atom. The molecule has 2 aromatic rings. The van der Waals surface area contributed by atoms with Crippen molar-refractivity contribution in [3.05, 3.63) is 57.6 Å². The van der Waals surface area contributed by atoms with Gasteiger partial charge in [-0.3, -0.25) is 9.59 Å². The highest BCUT2D eigenvalue weighted by molar-refractivity contribution is 6.36. The van der Waals surface area contributed by atoms with Crippen LogP contribution in [-0.4, -0.2) is 11.6 Å². The molecule has 2 bridgehead atoms. The van der Waals surface area contributed by atoms with E-state index in [0.29, 0.717) is 10.0 Å². The molecule has 1 unspecified atom stereocenters. The third kappa shape index (κ3) is 2.82. The Bertz CT molecular complexity index is 865. The number of Topliss-reactive ketones (excluding diaryl/α,β-unsaturated/α-hetero) is 2. The summed E-state index contributed by atoms with van der Waals surface area (Å²) in [6.07, 6.45) is 2.46. The number of halogens is 2. The maximum atomic E-state index is 12.8. The average molecular weight is 373 g/mol. The van der Waals surface area contributed by atoms with Crippen molar-refractivity contribution < 1.29 is 9.59 Å². The van der Waals surface area contributed by atoms with Crippen LogP contribution in [0.25, 0.3) is 11.1 Å². The smallest absolute Gasteiger partial charge is 0.150 e. The zero-order valence-electron chi connectivity index (χ0n) is 13.9. The van der Waals surface area contributed by atoms with Gasteiger partial charge in [-0.1, -0.05) is 41.4 Å². The molecule has 2 fully saturated rings. The molecule has 2 aromatic carbocycles. The van der Waals surface area contributed by atoms with Gasteiger partial charge in [0.15, 0.2) is 11.6 Å². The first-order chi connectivity index (χ1) is 12.0. The molecule has 0 spiro atoms. The summed E-state index contributed by atoms with van der Waals surface area (Å²) < 4.78 is 0. The minimum Gasteiger partial charge on any atom is -0.298 e. The van der Waals surface area contributed by atoms with E-state index >= 15 is 0 Å². The Morgan fingerprint density at radius 3 is 2.24 bits per heavy atom. The molecule has 128 valence electrons. The lowest BCUT2D eigenvalue weighted by atomic mass is 9.74. The van der Waals surface area contributed by atoms with Gasteiger partial charge in [0.2, 0.25) is 0 Å². The number of ketones is 2. The van der Waals surface area contributed by atoms with Crippen molar-refractivity contribution in [2.45, 2.75) is 32.1 Å². The molecule has 0 radical (unpaired) electrons. The van der Waals surface area contributed by atoms with E-state index in [0.717, 1.165) is 41.5 Å². The van der Waals surface area contributed by atoms with Gasteiger partial charge >= 0.3 is 0 Å². The van der Waals surface area contributed by atoms with Crippen LogP contribution in [0.4, 0.5) is 0 Å². The van der Waals surface area contributed by atoms with Crippen LogP contribution in [0, 0.1) is 18.8 Å². The molecule has 4 heteroatoms. The van der Waals surface area contributed by atoms with Gasteiger partial charge in [-0.2, -0.15) is 0 Å². The summed E-state index contributed by atoms with van der Waals surface area (Å²) in [6, 6.07) is 11.3. The normalized spacial score (nSPS) is 25.5. The Hall–Kier alpha value is -1.64. The number of carbonyl (C=O) groups excluding carboxylic acids is 2. The lowest BCUT2D eigenvalue weighted by molar-refractivity contribution is -0.135. The van der Waals surface area contributed by atoms with E-state index in [4.69, 9.17) is 23.2 Å². The van der Waals surface area contributed by atoms with Crippen LogP contribution in [0.3, 0.4) is 0 Å². The molecule has 0 saturated heterocycles. The predicted molar refractivity (Wildman–Crippen MR) is 100 cm³/mol. The van der Waals surface area contributed by atoms with E-state index in [-0.39, 0.29) is 23.4 Å². The van der Waals surface area contributed by atoms with E-state index in [9.17, 15) is 9.59 Å². The van der Waals surface area contributed by atoms with Gasteiger partial charge in [-0.15, -0.1) is 0 Å². The highest BCUT2D eigenvalue weighted by Gasteiger charge is 2.47. The van der Waals surface area contributed by atoms with Crippen molar-refractivity contribution in [3.63, 3.8) is 0 Å². The van der Waals surface area contributed by atoms with Gasteiger partial charge in [0.1, 0.15) is 5.92 Å². The van der Waals surface area contributed by atoms with Crippen molar-refractivity contribution >= 4 is 34.8 Å². The monoisotopic (exact) mass is 372 g/mol. The predicted octanol–water partition coefficient (Wildman–Crippen LogP) is 5.62. The van der Waals surface area contributed by atoms with Gasteiger partial charge in [0.25, 0.3) is 0 Å². The Labute approximate surface area is 157 Å². The number of hydrogen-bond acceptors (Lipinski definition) is 2. The standard InChI is InChI=1S/C21H18Cl2O2/c1-11-2-3-12(16-7-6-15(22)10-18(16)23)9-17(11)19-20(24)13-4-5-14(8-13)21(19)25/h2-3,6-7,9-10,13-14,19H,4-5,8H2,1H3/t13-,14+,19?. The molecule has 0 amide bonds. The lowest BCUT2D eigenvalue weighted by Crippen LogP contribution is -2.35. The number of hydrogen-bond donors (Lipinski definition) is 0. The van der Waals surface area contributed by atoms with Crippen molar-refractivity contribution in [1.29, 1.82) is 0 Å². The number of rotatable bonds is 2. The quantitative estimate of drug-likeness (QED) is 0.640. The molecule has 0 aliphatic heterocycles. The first-order valence-electron chi connectivity index (χ1n) is 8.59. The van der Waals surface area contributed by atoms with Gasteiger partial charge in [0, 0.05) is 27.4 Å². The number of benzene rings is 2. The summed E-state index contributed by atoms with van der Waals surface area (Å²) in [6.45, 7) is 1.96. The lowest BCUT2D eigenvalue weighted by Gasteiger charge is -2.27. The maximum absolute atomic E-state index is 12.8. The Morgan fingerprint density at radius 1 is 0.920 bits per heavy atom. The fourth-order valence-corrected chi connectivity index (χ4v) is 4.78. The van der Waals surface area contributed by atoms with E-state index in [1.807, 2.05) is 31.2 Å². The second-order valence-corrected chi connectivity index (χ2v) is 7.98. The summed E-state index contributed by atoms with van der Waals surface area (Å²) in [5.41, 5.74) is 3.56. The highest BCUT2D eigenvalue weighted by atomic mass is 35.5. The van der Waals surface area contributed by atoms with Crippen LogP contribution in [0.5, 0.6) is 0 Å². The van der Waals surface area contributed by atoms with E-state index in [2.05, 4.69) is 0 Å². The van der Waals surface area contributed by atoms with Gasteiger partial charge in [-0.05, 0) is 61.1 Å². The number of carbonyl (C=O) groups is 2. The van der Waals surface area contributed by atoms with Gasteiger partial charge < -0.3 is 0 Å². The molecular weight excluding hydrogens is 355 g/mol. The second kappa shape index (κ2) is 6.26. The van der Waals surface area contributed by atoms with Crippen molar-refractivity contribution in [3.8, 4) is 11.1 Å². The van der Waals surface area contributed by atoms with Gasteiger partial charge in [-0.25, -0.2) is 0 Å². The summed E-state index contributed by atoms with van der Waals surface area (Å²) in [5, 5.41) is 1.14. The molecule has 2 aliphatic carbocycles. The number of aryl methyl sites for hydroxylation is 1. The van der Waals surface area contributed by atoms with Crippen LogP contribution in [0.1, 0.15) is 36.3 Å². The van der Waals surface area contributed by atoms with Crippen LogP contribution in [0.2, 0.25) is 10.0 Å². The maximum Gasteiger partial charge on any atom is 0.150 e. The fourth-order valence-electron chi connectivity index (χ4n) is 4.26. The van der Waals surface area contributed by atoms with Gasteiger partial charge in [0.05, 0.1) is 0 Å². The Balaban J connectivity index is 1.80. The molecule has 2 nitrogen and oxygen atoms in total. The summed E-state index contributed by atoms with van der Waals surface area (Å²) in [7, 11) is 0. The average Bonchev–Trinajstić information content (AvgIpc) is 3.02. The van der Waals surface area contributed by atoms with Crippen molar-refractivity contribution in [1.82, 2.24) is 0 Å². The SMILES string of the molecule is Cc1ccc(-c2ccc(Cl)cc2Cl)cc1C1C(=O)[C@@H]2CC[C@@H](C2)C1=O. The van der Waals surface area contributed by atoms with Crippen molar-refractivity contribution in [2.24, 2.45) is 11.8 Å². The molecule has 2 aliphatic rings. The van der Waals surface area contributed by atoms with Crippen molar-refractivity contribution in [2.75, 3.05) is 0 Å². The zero-order chi connectivity index (χ0) is 17.7. The van der Waals surface area contributed by atoms with E-state index in [1.165, 1.54) is 0 Å². The first-order valence-corrected chi connectivity index (χ1v) is 9.34. The zero-order valence-corrected chi connectivity index (χ0v) is 15.4. The third-order valence-electron chi connectivity index (χ3n) is 5.64. The first kappa shape index (κ1) is 16.8. The second-order valence-electron chi connectivity index (χ2n) is 7.14. The fraction of sp³-hybridized carbons (Fsp3) is 0.333. The topological polar surface area (TPSA) is 34.1 Å². The van der Waals surface area contributed by atoms with E-state index in [1.54, 1.807) is 12.1 Å². The largest absolute Gasteiger partial charge is 0.298 e. The molecule has 25 heavy (non-hydrogen) atoms. The highest BCUT2D eigenvalue weighted by Crippen LogP contribution is 2.45. The summed E-state index contributed by atoms with van der Waals surface area (Å²) in [4.78, 5) is 25.7. The summed E-state index contributed by atoms with van der Waals surface area (Å²) in [5.74, 6) is -0.315.